The smallest absolute Gasteiger partial charge is 0.307 e. The van der Waals surface area contributed by atoms with Crippen molar-refractivity contribution in [3.8, 4) is 0 Å². The summed E-state index contributed by atoms with van der Waals surface area (Å²) in [5.74, 6) is -0.837. The van der Waals surface area contributed by atoms with Gasteiger partial charge in [0.15, 0.2) is 0 Å². The first-order valence-electron chi connectivity index (χ1n) is 9.45. The van der Waals surface area contributed by atoms with Crippen LogP contribution in [0.4, 0.5) is 0 Å². The molecule has 3 aromatic carbocycles. The van der Waals surface area contributed by atoms with E-state index in [1.807, 2.05) is 72.9 Å². The third-order valence-corrected chi connectivity index (χ3v) is 5.18. The molecule has 0 aliphatic carbocycles. The Morgan fingerprint density at radius 1 is 1.00 bits per heavy atom. The number of carboxylic acids is 1. The number of nitrogens with one attached hydrogen (secondary N) is 1. The van der Waals surface area contributed by atoms with Crippen LogP contribution in [0.5, 0.6) is 0 Å². The number of aliphatic carboxylic acids is 1. The van der Waals surface area contributed by atoms with Crippen molar-refractivity contribution < 1.29 is 9.90 Å². The normalized spacial score (nSPS) is 12.2. The first-order valence-corrected chi connectivity index (χ1v) is 9.82. The number of aromatic nitrogens is 1. The molecule has 0 aliphatic heterocycles. The first kappa shape index (κ1) is 19.2. The lowest BCUT2D eigenvalue weighted by Gasteiger charge is -2.22. The molecule has 29 heavy (non-hydrogen) atoms. The number of para-hydroxylation sites is 1. The zero-order valence-electron chi connectivity index (χ0n) is 15.8. The van der Waals surface area contributed by atoms with Gasteiger partial charge in [0.2, 0.25) is 0 Å². The second-order valence-electron chi connectivity index (χ2n) is 6.97. The van der Waals surface area contributed by atoms with Crippen molar-refractivity contribution in [2.45, 2.75) is 19.1 Å². The number of hydrogen-bond donors (Lipinski definition) is 2. The number of carbonyl (C=O) groups is 1. The zero-order valence-corrected chi connectivity index (χ0v) is 16.5. The third-order valence-electron chi connectivity index (χ3n) is 4.95. The number of nitrogens with zero attached hydrogens (tertiary/aromatic N) is 1. The van der Waals surface area contributed by atoms with Gasteiger partial charge in [0.25, 0.3) is 0 Å². The highest BCUT2D eigenvalue weighted by Gasteiger charge is 2.18. The summed E-state index contributed by atoms with van der Waals surface area (Å²) in [6.45, 7) is 0.626. The molecule has 0 bridgehead atoms. The number of benzene rings is 3. The quantitative estimate of drug-likeness (QED) is 0.442. The number of halogens is 1. The predicted octanol–water partition coefficient (Wildman–Crippen LogP) is 5.26. The van der Waals surface area contributed by atoms with Crippen LogP contribution in [0.15, 0.2) is 85.1 Å². The zero-order chi connectivity index (χ0) is 20.2. The van der Waals surface area contributed by atoms with E-state index in [-0.39, 0.29) is 12.6 Å². The molecule has 1 heterocycles. The van der Waals surface area contributed by atoms with Gasteiger partial charge in [-0.2, -0.15) is 0 Å². The van der Waals surface area contributed by atoms with Crippen molar-refractivity contribution >= 4 is 28.5 Å². The van der Waals surface area contributed by atoms with Gasteiger partial charge in [-0.3, -0.25) is 10.1 Å². The van der Waals surface area contributed by atoms with E-state index in [0.29, 0.717) is 11.6 Å². The van der Waals surface area contributed by atoms with Gasteiger partial charge in [-0.1, -0.05) is 72.3 Å². The molecule has 0 saturated carbocycles. The second kappa shape index (κ2) is 8.52. The summed E-state index contributed by atoms with van der Waals surface area (Å²) < 4.78 is 2.12. The van der Waals surface area contributed by atoms with Crippen LogP contribution in [-0.2, 0) is 17.8 Å². The van der Waals surface area contributed by atoms with Crippen LogP contribution in [0, 0.1) is 0 Å². The van der Waals surface area contributed by atoms with Crippen molar-refractivity contribution in [1.29, 1.82) is 0 Å². The van der Waals surface area contributed by atoms with E-state index < -0.39 is 5.97 Å². The van der Waals surface area contributed by atoms with Crippen LogP contribution in [-0.4, -0.2) is 15.6 Å². The lowest BCUT2D eigenvalue weighted by Crippen LogP contribution is -2.27. The number of rotatable bonds is 7. The molecule has 146 valence electrons. The van der Waals surface area contributed by atoms with Crippen LogP contribution < -0.4 is 5.32 Å². The molecule has 5 heteroatoms. The standard InChI is InChI=1S/C24H21ClN2O2/c25-20-10-6-7-17(13-20)15-26-24(18-8-2-1-3-9-18)27-16-19(14-23(28)29)21-11-4-5-12-22(21)27/h1-13,16,24,26H,14-15H2,(H,28,29). The summed E-state index contributed by atoms with van der Waals surface area (Å²) in [6.07, 6.45) is 1.78. The van der Waals surface area contributed by atoms with E-state index in [1.54, 1.807) is 0 Å². The van der Waals surface area contributed by atoms with Crippen molar-refractivity contribution in [2.24, 2.45) is 0 Å². The highest BCUT2D eigenvalue weighted by Crippen LogP contribution is 2.28. The Bertz CT molecular complexity index is 1140. The monoisotopic (exact) mass is 404 g/mol. The molecular formula is C24H21ClN2O2. The largest absolute Gasteiger partial charge is 0.481 e. The van der Waals surface area contributed by atoms with E-state index in [4.69, 9.17) is 11.6 Å². The summed E-state index contributed by atoms with van der Waals surface area (Å²) >= 11 is 6.14. The van der Waals surface area contributed by atoms with E-state index >= 15 is 0 Å². The van der Waals surface area contributed by atoms with Crippen LogP contribution in [0.25, 0.3) is 10.9 Å². The molecule has 4 aromatic rings. The minimum Gasteiger partial charge on any atom is -0.481 e. The minimum atomic E-state index is -0.837. The topological polar surface area (TPSA) is 54.3 Å². The number of carboxylic acid groups (broad SMARTS) is 1. The fraction of sp³-hybridized carbons (Fsp3) is 0.125. The van der Waals surface area contributed by atoms with Gasteiger partial charge in [0.05, 0.1) is 6.42 Å². The molecule has 0 amide bonds. The van der Waals surface area contributed by atoms with Crippen LogP contribution >= 0.6 is 11.6 Å². The van der Waals surface area contributed by atoms with E-state index in [0.717, 1.165) is 27.6 Å². The van der Waals surface area contributed by atoms with Crippen molar-refractivity contribution in [2.75, 3.05) is 0 Å². The highest BCUT2D eigenvalue weighted by molar-refractivity contribution is 6.30. The van der Waals surface area contributed by atoms with Gasteiger partial charge in [-0.05, 0) is 34.9 Å². The van der Waals surface area contributed by atoms with Crippen LogP contribution in [0.3, 0.4) is 0 Å². The van der Waals surface area contributed by atoms with Crippen LogP contribution in [0.2, 0.25) is 5.02 Å². The van der Waals surface area contributed by atoms with E-state index in [2.05, 4.69) is 22.0 Å². The van der Waals surface area contributed by atoms with E-state index in [1.165, 1.54) is 0 Å². The summed E-state index contributed by atoms with van der Waals surface area (Å²) in [5, 5.41) is 14.6. The summed E-state index contributed by atoms with van der Waals surface area (Å²) in [4.78, 5) is 11.4. The maximum atomic E-state index is 11.4. The molecule has 2 N–H and O–H groups in total. The Kier molecular flexibility index (Phi) is 5.65. The maximum Gasteiger partial charge on any atom is 0.307 e. The van der Waals surface area contributed by atoms with E-state index in [9.17, 15) is 9.90 Å². The number of hydrogen-bond acceptors (Lipinski definition) is 2. The molecule has 1 aromatic heterocycles. The second-order valence-corrected chi connectivity index (χ2v) is 7.41. The summed E-state index contributed by atoms with van der Waals surface area (Å²) in [6, 6.07) is 25.8. The third kappa shape index (κ3) is 4.34. The summed E-state index contributed by atoms with van der Waals surface area (Å²) in [5.41, 5.74) is 3.98. The summed E-state index contributed by atoms with van der Waals surface area (Å²) in [7, 11) is 0. The Morgan fingerprint density at radius 3 is 2.52 bits per heavy atom. The molecule has 0 spiro atoms. The van der Waals surface area contributed by atoms with Gasteiger partial charge >= 0.3 is 5.97 Å². The average molecular weight is 405 g/mol. The molecule has 1 atom stereocenters. The molecule has 4 rings (SSSR count). The van der Waals surface area contributed by atoms with Gasteiger partial charge < -0.3 is 9.67 Å². The molecule has 0 aliphatic rings. The van der Waals surface area contributed by atoms with Gasteiger partial charge in [-0.25, -0.2) is 0 Å². The SMILES string of the molecule is O=C(O)Cc1cn(C(NCc2cccc(Cl)c2)c2ccccc2)c2ccccc12. The lowest BCUT2D eigenvalue weighted by molar-refractivity contribution is -0.136. The highest BCUT2D eigenvalue weighted by atomic mass is 35.5. The van der Waals surface area contributed by atoms with Gasteiger partial charge in [0.1, 0.15) is 6.17 Å². The molecule has 0 radical (unpaired) electrons. The molecular weight excluding hydrogens is 384 g/mol. The lowest BCUT2D eigenvalue weighted by atomic mass is 10.1. The number of fused-ring (bicyclic) bond motifs is 1. The van der Waals surface area contributed by atoms with Gasteiger partial charge in [0, 0.05) is 28.7 Å². The Morgan fingerprint density at radius 2 is 1.76 bits per heavy atom. The predicted molar refractivity (Wildman–Crippen MR) is 116 cm³/mol. The average Bonchev–Trinajstić information content (AvgIpc) is 3.07. The fourth-order valence-corrected chi connectivity index (χ4v) is 3.88. The fourth-order valence-electron chi connectivity index (χ4n) is 3.67. The maximum absolute atomic E-state index is 11.4. The minimum absolute atomic E-state index is 0.0106. The molecule has 0 saturated heterocycles. The molecule has 4 nitrogen and oxygen atoms in total. The van der Waals surface area contributed by atoms with Crippen LogP contribution in [0.1, 0.15) is 22.9 Å². The Labute approximate surface area is 174 Å². The van der Waals surface area contributed by atoms with Crippen molar-refractivity contribution in [3.05, 3.63) is 107 Å². The molecule has 0 fully saturated rings. The Balaban J connectivity index is 1.76. The molecule has 1 unspecified atom stereocenters. The Hall–Kier alpha value is -3.08. The van der Waals surface area contributed by atoms with Gasteiger partial charge in [-0.15, -0.1) is 0 Å². The van der Waals surface area contributed by atoms with Crippen molar-refractivity contribution in [3.63, 3.8) is 0 Å². The first-order chi connectivity index (χ1) is 14.1. The van der Waals surface area contributed by atoms with Crippen molar-refractivity contribution in [1.82, 2.24) is 9.88 Å².